The molecule has 1 atom stereocenters. The smallest absolute Gasteiger partial charge is 0.410 e. The molecule has 1 amide bonds. The Labute approximate surface area is 172 Å². The van der Waals surface area contributed by atoms with Crippen molar-refractivity contribution in [1.29, 1.82) is 0 Å². The lowest BCUT2D eigenvalue weighted by atomic mass is 10.1. The first kappa shape index (κ1) is 19.8. The molecule has 0 spiro atoms. The van der Waals surface area contributed by atoms with Crippen LogP contribution in [0.5, 0.6) is 0 Å². The highest BCUT2D eigenvalue weighted by Gasteiger charge is 2.34. The van der Waals surface area contributed by atoms with E-state index in [9.17, 15) is 4.79 Å². The van der Waals surface area contributed by atoms with Crippen LogP contribution in [0.25, 0.3) is 11.4 Å². The second-order valence-electron chi connectivity index (χ2n) is 8.86. The van der Waals surface area contributed by atoms with Gasteiger partial charge in [0.15, 0.2) is 5.82 Å². The number of ether oxygens (including phenoxy) is 1. The topological polar surface area (TPSA) is 71.5 Å². The van der Waals surface area contributed by atoms with Gasteiger partial charge in [0.05, 0.1) is 5.69 Å². The van der Waals surface area contributed by atoms with E-state index in [1.54, 1.807) is 12.4 Å². The van der Waals surface area contributed by atoms with E-state index < -0.39 is 5.60 Å². The third-order valence-corrected chi connectivity index (χ3v) is 5.43. The molecule has 7 nitrogen and oxygen atoms in total. The van der Waals surface area contributed by atoms with Crippen LogP contribution in [0.3, 0.4) is 0 Å². The van der Waals surface area contributed by atoms with Gasteiger partial charge >= 0.3 is 6.09 Å². The van der Waals surface area contributed by atoms with Gasteiger partial charge in [-0.1, -0.05) is 0 Å². The van der Waals surface area contributed by atoms with Crippen molar-refractivity contribution >= 4 is 6.09 Å². The van der Waals surface area contributed by atoms with Crippen molar-refractivity contribution in [2.24, 2.45) is 0 Å². The van der Waals surface area contributed by atoms with Gasteiger partial charge in [0.2, 0.25) is 0 Å². The average Bonchev–Trinajstić information content (AvgIpc) is 3.15. The number of hydrogen-bond donors (Lipinski definition) is 0. The van der Waals surface area contributed by atoms with Crippen LogP contribution in [-0.2, 0) is 17.7 Å². The number of pyridine rings is 1. The number of carbonyl (C=O) groups excluding carboxylic acids is 1. The first-order chi connectivity index (χ1) is 13.9. The lowest BCUT2D eigenvalue weighted by molar-refractivity contribution is 0.0192. The van der Waals surface area contributed by atoms with Crippen molar-refractivity contribution in [2.45, 2.75) is 58.2 Å². The third kappa shape index (κ3) is 4.72. The van der Waals surface area contributed by atoms with E-state index in [0.717, 1.165) is 62.5 Å². The van der Waals surface area contributed by atoms with Crippen LogP contribution in [-0.4, -0.2) is 62.1 Å². The lowest BCUT2D eigenvalue weighted by Gasteiger charge is -2.34. The van der Waals surface area contributed by atoms with E-state index in [-0.39, 0.29) is 12.1 Å². The summed E-state index contributed by atoms with van der Waals surface area (Å²) in [5.41, 5.74) is 2.83. The van der Waals surface area contributed by atoms with Gasteiger partial charge in [-0.2, -0.15) is 0 Å². The van der Waals surface area contributed by atoms with Crippen LogP contribution in [0, 0.1) is 0 Å². The van der Waals surface area contributed by atoms with E-state index in [4.69, 9.17) is 9.72 Å². The molecule has 0 bridgehead atoms. The fraction of sp³-hybridized carbons (Fsp3) is 0.545. The van der Waals surface area contributed by atoms with Crippen molar-refractivity contribution in [1.82, 2.24) is 24.8 Å². The molecule has 29 heavy (non-hydrogen) atoms. The third-order valence-electron chi connectivity index (χ3n) is 5.43. The number of carbonyl (C=O) groups is 1. The zero-order chi connectivity index (χ0) is 20.4. The van der Waals surface area contributed by atoms with Crippen LogP contribution in [0.15, 0.2) is 30.7 Å². The Morgan fingerprint density at radius 3 is 2.79 bits per heavy atom. The molecule has 0 radical (unpaired) electrons. The summed E-state index contributed by atoms with van der Waals surface area (Å²) >= 11 is 0. The molecule has 2 aliphatic heterocycles. The molecule has 0 aliphatic carbocycles. The number of nitrogens with zero attached hydrogens (tertiary/aromatic N) is 5. The van der Waals surface area contributed by atoms with Gasteiger partial charge in [0.1, 0.15) is 5.60 Å². The molecule has 7 heteroatoms. The van der Waals surface area contributed by atoms with Gasteiger partial charge in [0.25, 0.3) is 0 Å². The molecule has 4 heterocycles. The summed E-state index contributed by atoms with van der Waals surface area (Å²) < 4.78 is 5.60. The van der Waals surface area contributed by atoms with E-state index in [2.05, 4.69) is 14.9 Å². The lowest BCUT2D eigenvalue weighted by Crippen LogP contribution is -2.46. The van der Waals surface area contributed by atoms with Crippen molar-refractivity contribution in [2.75, 3.05) is 19.6 Å². The molecule has 154 valence electrons. The molecule has 2 aliphatic rings. The molecule has 1 unspecified atom stereocenters. The Balaban J connectivity index is 1.40. The summed E-state index contributed by atoms with van der Waals surface area (Å²) in [6.45, 7) is 9.16. The van der Waals surface area contributed by atoms with Gasteiger partial charge in [-0.3, -0.25) is 9.88 Å². The van der Waals surface area contributed by atoms with Gasteiger partial charge in [-0.25, -0.2) is 14.8 Å². The molecule has 2 aromatic rings. The van der Waals surface area contributed by atoms with E-state index >= 15 is 0 Å². The number of rotatable bonds is 3. The fourth-order valence-electron chi connectivity index (χ4n) is 4.05. The van der Waals surface area contributed by atoms with E-state index in [1.165, 1.54) is 5.56 Å². The monoisotopic (exact) mass is 395 g/mol. The Hall–Kier alpha value is -2.54. The standard InChI is InChI=1S/C22H29N5O2/c1-22(2,3)29-21(28)27-11-4-5-18(27)15-26-12-8-19-17(14-26)13-24-20(25-19)16-6-9-23-10-7-16/h6-7,9-10,13,18H,4-5,8,11-12,14-15H2,1-3H3. The van der Waals surface area contributed by atoms with Crippen molar-refractivity contribution < 1.29 is 9.53 Å². The van der Waals surface area contributed by atoms with Crippen LogP contribution in [0.2, 0.25) is 0 Å². The van der Waals surface area contributed by atoms with Crippen molar-refractivity contribution in [3.63, 3.8) is 0 Å². The van der Waals surface area contributed by atoms with Crippen LogP contribution < -0.4 is 0 Å². The molecule has 0 aromatic carbocycles. The summed E-state index contributed by atoms with van der Waals surface area (Å²) in [5.74, 6) is 0.756. The Bertz CT molecular complexity index is 865. The number of hydrogen-bond acceptors (Lipinski definition) is 6. The summed E-state index contributed by atoms with van der Waals surface area (Å²) in [5, 5.41) is 0. The summed E-state index contributed by atoms with van der Waals surface area (Å²) in [6.07, 6.45) is 8.24. The summed E-state index contributed by atoms with van der Waals surface area (Å²) in [6, 6.07) is 4.08. The quantitative estimate of drug-likeness (QED) is 0.794. The Morgan fingerprint density at radius 1 is 1.24 bits per heavy atom. The Kier molecular flexibility index (Phi) is 5.50. The second-order valence-corrected chi connectivity index (χ2v) is 8.86. The molecule has 1 saturated heterocycles. The molecule has 0 N–H and O–H groups in total. The maximum absolute atomic E-state index is 12.5. The molecular weight excluding hydrogens is 366 g/mol. The van der Waals surface area contributed by atoms with Gasteiger partial charge in [0, 0.05) is 68.4 Å². The molecule has 4 rings (SSSR count). The molecule has 2 aromatic heterocycles. The normalized spacial score (nSPS) is 19.8. The summed E-state index contributed by atoms with van der Waals surface area (Å²) in [4.78, 5) is 30.3. The minimum Gasteiger partial charge on any atom is -0.444 e. The van der Waals surface area contributed by atoms with Crippen LogP contribution in [0.1, 0.15) is 44.9 Å². The van der Waals surface area contributed by atoms with E-state index in [0.29, 0.717) is 0 Å². The fourth-order valence-corrected chi connectivity index (χ4v) is 4.05. The zero-order valence-electron chi connectivity index (χ0n) is 17.5. The van der Waals surface area contributed by atoms with Gasteiger partial charge < -0.3 is 9.64 Å². The van der Waals surface area contributed by atoms with Gasteiger partial charge in [-0.05, 0) is 45.7 Å². The second kappa shape index (κ2) is 8.06. The number of aromatic nitrogens is 3. The Morgan fingerprint density at radius 2 is 2.03 bits per heavy atom. The highest BCUT2D eigenvalue weighted by Crippen LogP contribution is 2.25. The minimum atomic E-state index is -0.460. The van der Waals surface area contributed by atoms with Crippen LogP contribution >= 0.6 is 0 Å². The maximum atomic E-state index is 12.5. The van der Waals surface area contributed by atoms with E-state index in [1.807, 2.05) is 44.0 Å². The van der Waals surface area contributed by atoms with Crippen molar-refractivity contribution in [3.8, 4) is 11.4 Å². The predicted molar refractivity (Wildman–Crippen MR) is 110 cm³/mol. The first-order valence-electron chi connectivity index (χ1n) is 10.4. The predicted octanol–water partition coefficient (Wildman–Crippen LogP) is 3.30. The number of fused-ring (bicyclic) bond motifs is 1. The largest absolute Gasteiger partial charge is 0.444 e. The molecule has 1 fully saturated rings. The zero-order valence-corrected chi connectivity index (χ0v) is 17.5. The first-order valence-corrected chi connectivity index (χ1v) is 10.4. The number of likely N-dealkylation sites (tertiary alicyclic amines) is 1. The van der Waals surface area contributed by atoms with Crippen molar-refractivity contribution in [3.05, 3.63) is 42.0 Å². The maximum Gasteiger partial charge on any atom is 0.410 e. The minimum absolute atomic E-state index is 0.192. The highest BCUT2D eigenvalue weighted by molar-refractivity contribution is 5.69. The number of amides is 1. The molecule has 0 saturated carbocycles. The highest BCUT2D eigenvalue weighted by atomic mass is 16.6. The van der Waals surface area contributed by atoms with Crippen LogP contribution in [0.4, 0.5) is 4.79 Å². The SMILES string of the molecule is CC(C)(C)OC(=O)N1CCCC1CN1CCc2nc(-c3ccncc3)ncc2C1. The molecular formula is C22H29N5O2. The average molecular weight is 396 g/mol. The summed E-state index contributed by atoms with van der Waals surface area (Å²) in [7, 11) is 0. The van der Waals surface area contributed by atoms with Gasteiger partial charge in [-0.15, -0.1) is 0 Å².